The molecule has 0 spiro atoms. The summed E-state index contributed by atoms with van der Waals surface area (Å²) in [7, 11) is 0. The summed E-state index contributed by atoms with van der Waals surface area (Å²) in [4.78, 5) is 0. The summed E-state index contributed by atoms with van der Waals surface area (Å²) < 4.78 is 16.7. The number of rotatable bonds is 12. The minimum absolute atomic E-state index is 0.0860. The zero-order chi connectivity index (χ0) is 17.0. The van der Waals surface area contributed by atoms with Crippen LogP contribution in [-0.4, -0.2) is 35.2 Å². The summed E-state index contributed by atoms with van der Waals surface area (Å²) in [5.41, 5.74) is 0.583. The zero-order valence-corrected chi connectivity index (χ0v) is 14.0. The van der Waals surface area contributed by atoms with Crippen molar-refractivity contribution in [3.05, 3.63) is 41.8 Å². The molecule has 0 bridgehead atoms. The maximum atomic E-state index is 8.92. The van der Waals surface area contributed by atoms with Gasteiger partial charge in [0.25, 0.3) is 0 Å². The van der Waals surface area contributed by atoms with Crippen molar-refractivity contribution in [3.63, 3.8) is 0 Å². The van der Waals surface area contributed by atoms with Gasteiger partial charge in [0.15, 0.2) is 18.5 Å². The zero-order valence-electron chi connectivity index (χ0n) is 14.0. The Morgan fingerprint density at radius 1 is 1.25 bits per heavy atom. The molecule has 1 aromatic heterocycles. The minimum atomic E-state index is -0.427. The van der Waals surface area contributed by atoms with Gasteiger partial charge in [0, 0.05) is 11.9 Å². The Balaban J connectivity index is 1.98. The number of nitrogens with zero attached hydrogens (tertiary/aromatic N) is 2. The van der Waals surface area contributed by atoms with Gasteiger partial charge in [-0.05, 0) is 31.5 Å². The van der Waals surface area contributed by atoms with E-state index in [4.69, 9.17) is 19.1 Å². The standard InChI is InChI=1S/C17H25N3O4/c1-2-3-10-18-17(22-12-7-11-21)16-15(24-20-19-16)13-23-14-8-5-4-6-9-14/h4-6,8-9,17-18,21H,2-3,7,10-13H2,1H3. The molecule has 7 heteroatoms. The fraction of sp³-hybridized carbons (Fsp3) is 0.529. The first kappa shape index (κ1) is 18.4. The van der Waals surface area contributed by atoms with Gasteiger partial charge in [-0.1, -0.05) is 31.5 Å². The van der Waals surface area contributed by atoms with Crippen molar-refractivity contribution in [2.45, 2.75) is 39.0 Å². The second kappa shape index (κ2) is 10.7. The fourth-order valence-electron chi connectivity index (χ4n) is 2.09. The normalized spacial score (nSPS) is 12.2. The van der Waals surface area contributed by atoms with Crippen LogP contribution in [-0.2, 0) is 11.3 Å². The minimum Gasteiger partial charge on any atom is -0.485 e. The van der Waals surface area contributed by atoms with Crippen LogP contribution in [0.15, 0.2) is 34.9 Å². The molecule has 0 amide bonds. The molecular formula is C17H25N3O4. The topological polar surface area (TPSA) is 89.6 Å². The summed E-state index contributed by atoms with van der Waals surface area (Å²) in [6.07, 6.45) is 2.24. The van der Waals surface area contributed by atoms with Gasteiger partial charge in [-0.25, -0.2) is 0 Å². The van der Waals surface area contributed by atoms with Crippen LogP contribution in [0.25, 0.3) is 0 Å². The van der Waals surface area contributed by atoms with Gasteiger partial charge in [0.05, 0.1) is 6.61 Å². The third-order valence-electron chi connectivity index (χ3n) is 3.39. The van der Waals surface area contributed by atoms with E-state index in [0.29, 0.717) is 24.5 Å². The quantitative estimate of drug-likeness (QED) is 0.455. The van der Waals surface area contributed by atoms with Crippen LogP contribution in [0.5, 0.6) is 5.75 Å². The fourth-order valence-corrected chi connectivity index (χ4v) is 2.09. The molecule has 0 saturated carbocycles. The van der Waals surface area contributed by atoms with E-state index in [9.17, 15) is 0 Å². The molecule has 1 unspecified atom stereocenters. The van der Waals surface area contributed by atoms with Gasteiger partial charge in [0.2, 0.25) is 5.76 Å². The van der Waals surface area contributed by atoms with Crippen LogP contribution >= 0.6 is 0 Å². The van der Waals surface area contributed by atoms with Crippen molar-refractivity contribution in [2.75, 3.05) is 19.8 Å². The van der Waals surface area contributed by atoms with Crippen LogP contribution in [0.1, 0.15) is 43.9 Å². The molecule has 2 N–H and O–H groups in total. The van der Waals surface area contributed by atoms with Crippen molar-refractivity contribution in [1.29, 1.82) is 0 Å². The van der Waals surface area contributed by atoms with E-state index in [0.717, 1.165) is 25.1 Å². The molecule has 2 rings (SSSR count). The van der Waals surface area contributed by atoms with Gasteiger partial charge >= 0.3 is 0 Å². The Morgan fingerprint density at radius 2 is 2.08 bits per heavy atom. The monoisotopic (exact) mass is 335 g/mol. The van der Waals surface area contributed by atoms with E-state index in [1.807, 2.05) is 30.3 Å². The highest BCUT2D eigenvalue weighted by molar-refractivity contribution is 5.21. The predicted octanol–water partition coefficient (Wildman–Crippen LogP) is 2.44. The highest BCUT2D eigenvalue weighted by Crippen LogP contribution is 2.19. The van der Waals surface area contributed by atoms with Crippen molar-refractivity contribution in [3.8, 4) is 5.75 Å². The summed E-state index contributed by atoms with van der Waals surface area (Å²) in [6.45, 7) is 3.66. The van der Waals surface area contributed by atoms with Crippen molar-refractivity contribution < 1.29 is 19.1 Å². The van der Waals surface area contributed by atoms with Gasteiger partial charge < -0.3 is 19.1 Å². The molecule has 24 heavy (non-hydrogen) atoms. The molecule has 1 atom stereocenters. The Kier molecular flexibility index (Phi) is 8.23. The van der Waals surface area contributed by atoms with Crippen molar-refractivity contribution >= 4 is 0 Å². The maximum Gasteiger partial charge on any atom is 0.201 e. The van der Waals surface area contributed by atoms with Crippen molar-refractivity contribution in [1.82, 2.24) is 15.7 Å². The Labute approximate surface area is 141 Å². The molecule has 2 aromatic rings. The lowest BCUT2D eigenvalue weighted by molar-refractivity contribution is 0.0166. The predicted molar refractivity (Wildman–Crippen MR) is 88.4 cm³/mol. The number of nitrogens with one attached hydrogen (secondary N) is 1. The molecule has 1 heterocycles. The number of benzene rings is 1. The second-order valence-electron chi connectivity index (χ2n) is 5.32. The number of aliphatic hydroxyl groups is 1. The van der Waals surface area contributed by atoms with Crippen LogP contribution in [0.3, 0.4) is 0 Å². The molecule has 132 valence electrons. The molecule has 1 aromatic carbocycles. The van der Waals surface area contributed by atoms with E-state index in [1.54, 1.807) is 0 Å². The lowest BCUT2D eigenvalue weighted by Crippen LogP contribution is -2.27. The summed E-state index contributed by atoms with van der Waals surface area (Å²) in [5, 5.41) is 19.9. The number of hydrogen-bond donors (Lipinski definition) is 2. The lowest BCUT2D eigenvalue weighted by atomic mass is 10.3. The third-order valence-corrected chi connectivity index (χ3v) is 3.39. The van der Waals surface area contributed by atoms with Crippen LogP contribution < -0.4 is 10.1 Å². The molecule has 0 aliphatic heterocycles. The number of para-hydroxylation sites is 1. The molecule has 0 aliphatic carbocycles. The Bertz CT molecular complexity index is 552. The maximum absolute atomic E-state index is 8.92. The van der Waals surface area contributed by atoms with Gasteiger partial charge in [0.1, 0.15) is 5.75 Å². The average Bonchev–Trinajstić information content (AvgIpc) is 3.08. The van der Waals surface area contributed by atoms with Crippen LogP contribution in [0, 0.1) is 0 Å². The summed E-state index contributed by atoms with van der Waals surface area (Å²) >= 11 is 0. The summed E-state index contributed by atoms with van der Waals surface area (Å²) in [5.74, 6) is 1.27. The molecule has 0 saturated heterocycles. The van der Waals surface area contributed by atoms with E-state index < -0.39 is 6.23 Å². The number of aromatic nitrogens is 2. The van der Waals surface area contributed by atoms with Gasteiger partial charge in [-0.15, -0.1) is 5.10 Å². The van der Waals surface area contributed by atoms with E-state index in [-0.39, 0.29) is 13.2 Å². The van der Waals surface area contributed by atoms with Gasteiger partial charge in [-0.3, -0.25) is 5.32 Å². The van der Waals surface area contributed by atoms with E-state index in [1.165, 1.54) is 0 Å². The third kappa shape index (κ3) is 5.92. The van der Waals surface area contributed by atoms with E-state index in [2.05, 4.69) is 22.6 Å². The van der Waals surface area contributed by atoms with E-state index >= 15 is 0 Å². The number of aliphatic hydroxyl groups excluding tert-OH is 1. The first-order chi connectivity index (χ1) is 11.8. The molecule has 0 radical (unpaired) electrons. The Morgan fingerprint density at radius 3 is 2.83 bits per heavy atom. The second-order valence-corrected chi connectivity index (χ2v) is 5.32. The first-order valence-corrected chi connectivity index (χ1v) is 8.30. The summed E-state index contributed by atoms with van der Waals surface area (Å²) in [6, 6.07) is 9.48. The molecular weight excluding hydrogens is 310 g/mol. The number of unbranched alkanes of at least 4 members (excludes halogenated alkanes) is 1. The molecule has 0 aliphatic rings. The van der Waals surface area contributed by atoms with Crippen molar-refractivity contribution in [2.24, 2.45) is 0 Å². The smallest absolute Gasteiger partial charge is 0.201 e. The Hall–Kier alpha value is -1.96. The average molecular weight is 335 g/mol. The number of ether oxygens (including phenoxy) is 2. The number of hydrogen-bond acceptors (Lipinski definition) is 7. The lowest BCUT2D eigenvalue weighted by Gasteiger charge is -2.17. The SMILES string of the molecule is CCCCNC(OCCCO)c1nnoc1COc1ccccc1. The van der Waals surface area contributed by atoms with Crippen LogP contribution in [0.2, 0.25) is 0 Å². The van der Waals surface area contributed by atoms with Gasteiger partial charge in [-0.2, -0.15) is 0 Å². The largest absolute Gasteiger partial charge is 0.485 e. The highest BCUT2D eigenvalue weighted by atomic mass is 16.5. The molecule has 7 nitrogen and oxygen atoms in total. The highest BCUT2D eigenvalue weighted by Gasteiger charge is 2.22. The van der Waals surface area contributed by atoms with Crippen LogP contribution in [0.4, 0.5) is 0 Å². The first-order valence-electron chi connectivity index (χ1n) is 8.30. The molecule has 0 fully saturated rings.